The third-order valence-electron chi connectivity index (χ3n) is 3.20. The smallest absolute Gasteiger partial charge is 0.335 e. The molecule has 2 N–H and O–H groups in total. The highest BCUT2D eigenvalue weighted by atomic mass is 16.4. The standard InChI is InChI=1S/C13H12N4O2/c1-7-9(6-14-16-7)12-15-10-5-8(13(18)19)3-4-11(10)17(12)2/h3-6H,1-2H3,(H,14,16)(H,18,19). The van der Waals surface area contributed by atoms with Gasteiger partial charge in [0.1, 0.15) is 5.82 Å². The Labute approximate surface area is 108 Å². The van der Waals surface area contributed by atoms with Gasteiger partial charge in [-0.25, -0.2) is 9.78 Å². The number of imidazole rings is 1. The lowest BCUT2D eigenvalue weighted by Gasteiger charge is -2.00. The molecule has 0 aliphatic heterocycles. The Balaban J connectivity index is 2.26. The van der Waals surface area contributed by atoms with E-state index >= 15 is 0 Å². The molecule has 0 bridgehead atoms. The summed E-state index contributed by atoms with van der Waals surface area (Å²) in [6.45, 7) is 1.92. The van der Waals surface area contributed by atoms with Crippen molar-refractivity contribution in [3.8, 4) is 11.4 Å². The minimum atomic E-state index is -0.950. The average Bonchev–Trinajstić information content (AvgIpc) is 2.93. The molecular weight excluding hydrogens is 244 g/mol. The van der Waals surface area contributed by atoms with E-state index in [-0.39, 0.29) is 5.56 Å². The Kier molecular flexibility index (Phi) is 2.38. The third kappa shape index (κ3) is 1.69. The molecule has 96 valence electrons. The number of aryl methyl sites for hydroxylation is 2. The molecule has 0 aliphatic rings. The predicted molar refractivity (Wildman–Crippen MR) is 70.0 cm³/mol. The molecule has 0 spiro atoms. The van der Waals surface area contributed by atoms with Gasteiger partial charge in [0, 0.05) is 12.7 Å². The number of aromatic carboxylic acids is 1. The molecule has 0 atom stereocenters. The Morgan fingerprint density at radius 3 is 2.84 bits per heavy atom. The van der Waals surface area contributed by atoms with E-state index < -0.39 is 5.97 Å². The number of carboxylic acids is 1. The number of hydrogen-bond acceptors (Lipinski definition) is 3. The lowest BCUT2D eigenvalue weighted by atomic mass is 10.2. The number of benzene rings is 1. The zero-order chi connectivity index (χ0) is 13.6. The van der Waals surface area contributed by atoms with Gasteiger partial charge < -0.3 is 9.67 Å². The number of carbonyl (C=O) groups is 1. The summed E-state index contributed by atoms with van der Waals surface area (Å²) in [7, 11) is 1.90. The summed E-state index contributed by atoms with van der Waals surface area (Å²) < 4.78 is 1.93. The summed E-state index contributed by atoms with van der Waals surface area (Å²) in [6.07, 6.45) is 1.72. The van der Waals surface area contributed by atoms with Crippen LogP contribution in [0.15, 0.2) is 24.4 Å². The Morgan fingerprint density at radius 2 is 2.21 bits per heavy atom. The number of hydrogen-bond donors (Lipinski definition) is 2. The van der Waals surface area contributed by atoms with Gasteiger partial charge in [0.25, 0.3) is 0 Å². The minimum absolute atomic E-state index is 0.237. The number of nitrogens with one attached hydrogen (secondary N) is 1. The van der Waals surface area contributed by atoms with Gasteiger partial charge in [-0.1, -0.05) is 0 Å². The van der Waals surface area contributed by atoms with Crippen LogP contribution in [0.1, 0.15) is 16.1 Å². The Bertz CT molecular complexity index is 785. The summed E-state index contributed by atoms with van der Waals surface area (Å²) in [5, 5.41) is 15.9. The molecule has 3 rings (SSSR count). The molecule has 0 aliphatic carbocycles. The molecule has 3 aromatic rings. The van der Waals surface area contributed by atoms with Gasteiger partial charge in [-0.3, -0.25) is 5.10 Å². The minimum Gasteiger partial charge on any atom is -0.478 e. The van der Waals surface area contributed by atoms with Gasteiger partial charge in [0.05, 0.1) is 28.4 Å². The average molecular weight is 256 g/mol. The van der Waals surface area contributed by atoms with Crippen molar-refractivity contribution in [2.45, 2.75) is 6.92 Å². The highest BCUT2D eigenvalue weighted by molar-refractivity contribution is 5.93. The molecular formula is C13H12N4O2. The van der Waals surface area contributed by atoms with Gasteiger partial charge in [-0.2, -0.15) is 5.10 Å². The van der Waals surface area contributed by atoms with Crippen molar-refractivity contribution in [2.75, 3.05) is 0 Å². The monoisotopic (exact) mass is 256 g/mol. The van der Waals surface area contributed by atoms with Gasteiger partial charge >= 0.3 is 5.97 Å². The fourth-order valence-corrected chi connectivity index (χ4v) is 2.15. The first-order valence-electron chi connectivity index (χ1n) is 5.78. The maximum absolute atomic E-state index is 11.0. The molecule has 1 aromatic carbocycles. The van der Waals surface area contributed by atoms with E-state index in [4.69, 9.17) is 5.11 Å². The van der Waals surface area contributed by atoms with E-state index in [2.05, 4.69) is 15.2 Å². The molecule has 6 heteroatoms. The first kappa shape index (κ1) is 11.5. The maximum Gasteiger partial charge on any atom is 0.335 e. The lowest BCUT2D eigenvalue weighted by molar-refractivity contribution is 0.0697. The van der Waals surface area contributed by atoms with Crippen LogP contribution in [-0.4, -0.2) is 30.8 Å². The van der Waals surface area contributed by atoms with E-state index in [0.29, 0.717) is 5.52 Å². The van der Waals surface area contributed by atoms with Gasteiger partial charge in [-0.05, 0) is 25.1 Å². The van der Waals surface area contributed by atoms with Crippen LogP contribution in [0.4, 0.5) is 0 Å². The van der Waals surface area contributed by atoms with Gasteiger partial charge in [0.15, 0.2) is 0 Å². The second-order valence-corrected chi connectivity index (χ2v) is 4.41. The van der Waals surface area contributed by atoms with Crippen LogP contribution in [0.25, 0.3) is 22.4 Å². The normalized spacial score (nSPS) is 11.1. The largest absolute Gasteiger partial charge is 0.478 e. The second-order valence-electron chi connectivity index (χ2n) is 4.41. The number of fused-ring (bicyclic) bond motifs is 1. The van der Waals surface area contributed by atoms with Crippen molar-refractivity contribution < 1.29 is 9.90 Å². The molecule has 19 heavy (non-hydrogen) atoms. The van der Waals surface area contributed by atoms with Crippen molar-refractivity contribution >= 4 is 17.0 Å². The first-order valence-corrected chi connectivity index (χ1v) is 5.78. The molecule has 0 radical (unpaired) electrons. The predicted octanol–water partition coefficient (Wildman–Crippen LogP) is 1.97. The fraction of sp³-hybridized carbons (Fsp3) is 0.154. The third-order valence-corrected chi connectivity index (χ3v) is 3.20. The van der Waals surface area contributed by atoms with E-state index in [1.54, 1.807) is 24.4 Å². The van der Waals surface area contributed by atoms with E-state index in [9.17, 15) is 4.79 Å². The maximum atomic E-state index is 11.0. The molecule has 2 aromatic heterocycles. The van der Waals surface area contributed by atoms with Crippen LogP contribution in [-0.2, 0) is 7.05 Å². The SMILES string of the molecule is Cc1[nH]ncc1-c1nc2cc(C(=O)O)ccc2n1C. The van der Waals surface area contributed by atoms with E-state index in [0.717, 1.165) is 22.6 Å². The number of rotatable bonds is 2. The summed E-state index contributed by atoms with van der Waals surface area (Å²) in [5.74, 6) is -0.183. The molecule has 0 saturated carbocycles. The van der Waals surface area contributed by atoms with Crippen molar-refractivity contribution in [1.82, 2.24) is 19.7 Å². The highest BCUT2D eigenvalue weighted by Gasteiger charge is 2.14. The molecule has 2 heterocycles. The zero-order valence-corrected chi connectivity index (χ0v) is 10.5. The molecule has 6 nitrogen and oxygen atoms in total. The van der Waals surface area contributed by atoms with E-state index in [1.165, 1.54) is 0 Å². The van der Waals surface area contributed by atoms with Crippen LogP contribution in [0.3, 0.4) is 0 Å². The quantitative estimate of drug-likeness (QED) is 0.734. The number of nitrogens with zero attached hydrogens (tertiary/aromatic N) is 3. The van der Waals surface area contributed by atoms with Crippen LogP contribution in [0, 0.1) is 6.92 Å². The Morgan fingerprint density at radius 1 is 1.42 bits per heavy atom. The van der Waals surface area contributed by atoms with Crippen molar-refractivity contribution in [2.24, 2.45) is 7.05 Å². The summed E-state index contributed by atoms with van der Waals surface area (Å²) >= 11 is 0. The molecule has 0 fully saturated rings. The van der Waals surface area contributed by atoms with Crippen molar-refractivity contribution in [1.29, 1.82) is 0 Å². The lowest BCUT2D eigenvalue weighted by Crippen LogP contribution is -1.95. The van der Waals surface area contributed by atoms with Crippen LogP contribution in [0.5, 0.6) is 0 Å². The molecule has 0 saturated heterocycles. The number of carboxylic acid groups (broad SMARTS) is 1. The Hall–Kier alpha value is -2.63. The summed E-state index contributed by atoms with van der Waals surface area (Å²) in [5.41, 5.74) is 3.63. The van der Waals surface area contributed by atoms with Gasteiger partial charge in [0.2, 0.25) is 0 Å². The van der Waals surface area contributed by atoms with E-state index in [1.807, 2.05) is 18.5 Å². The molecule has 0 amide bonds. The molecule has 0 unspecified atom stereocenters. The first-order chi connectivity index (χ1) is 9.08. The summed E-state index contributed by atoms with van der Waals surface area (Å²) in [4.78, 5) is 15.5. The topological polar surface area (TPSA) is 83.8 Å². The summed E-state index contributed by atoms with van der Waals surface area (Å²) in [6, 6.07) is 4.93. The van der Waals surface area contributed by atoms with Crippen LogP contribution < -0.4 is 0 Å². The number of aromatic amines is 1. The van der Waals surface area contributed by atoms with Crippen molar-refractivity contribution in [3.63, 3.8) is 0 Å². The van der Waals surface area contributed by atoms with Crippen LogP contribution in [0.2, 0.25) is 0 Å². The fourth-order valence-electron chi connectivity index (χ4n) is 2.15. The second kappa shape index (κ2) is 3.94. The van der Waals surface area contributed by atoms with Gasteiger partial charge in [-0.15, -0.1) is 0 Å². The van der Waals surface area contributed by atoms with Crippen molar-refractivity contribution in [3.05, 3.63) is 35.7 Å². The number of H-pyrrole nitrogens is 1. The van der Waals surface area contributed by atoms with Crippen LogP contribution >= 0.6 is 0 Å². The zero-order valence-electron chi connectivity index (χ0n) is 10.5. The number of aromatic nitrogens is 4. The highest BCUT2D eigenvalue weighted by Crippen LogP contribution is 2.25.